The highest BCUT2D eigenvalue weighted by molar-refractivity contribution is 6.36. The molecule has 0 bridgehead atoms. The summed E-state index contributed by atoms with van der Waals surface area (Å²) in [4.78, 5) is 25.1. The van der Waals surface area contributed by atoms with Gasteiger partial charge in [-0.2, -0.15) is 0 Å². The molecule has 2 aromatic rings. The Morgan fingerprint density at radius 1 is 1.15 bits per heavy atom. The number of anilines is 2. The van der Waals surface area contributed by atoms with Gasteiger partial charge in [0.05, 0.1) is 17.8 Å². The first kappa shape index (κ1) is 20.2. The normalized spacial score (nSPS) is 13.0. The largest absolute Gasteiger partial charge is 0.321 e. The molecule has 2 aromatic carbocycles. The quantitative estimate of drug-likeness (QED) is 0.700. The van der Waals surface area contributed by atoms with E-state index in [2.05, 4.69) is 10.6 Å². The molecule has 1 unspecified atom stereocenters. The van der Waals surface area contributed by atoms with Crippen LogP contribution in [0.1, 0.15) is 6.92 Å². The van der Waals surface area contributed by atoms with E-state index < -0.39 is 11.9 Å². The number of quaternary nitrogens is 1. The number of hydrogen-bond acceptors (Lipinski definition) is 2. The number of halogens is 3. The van der Waals surface area contributed by atoms with Crippen LogP contribution in [-0.2, 0) is 9.59 Å². The van der Waals surface area contributed by atoms with E-state index in [1.165, 1.54) is 24.3 Å². The molecule has 0 aliphatic heterocycles. The van der Waals surface area contributed by atoms with Gasteiger partial charge in [-0.25, -0.2) is 4.39 Å². The molecular formula is C18H19Cl2FN3O2+. The summed E-state index contributed by atoms with van der Waals surface area (Å²) in [6, 6.07) is 9.88. The Hall–Kier alpha value is -2.15. The molecule has 0 aliphatic carbocycles. The highest BCUT2D eigenvalue weighted by Crippen LogP contribution is 2.25. The molecule has 26 heavy (non-hydrogen) atoms. The first-order chi connectivity index (χ1) is 12.3. The van der Waals surface area contributed by atoms with Gasteiger partial charge in [0.15, 0.2) is 12.6 Å². The molecule has 0 radical (unpaired) electrons. The van der Waals surface area contributed by atoms with E-state index in [1.54, 1.807) is 32.2 Å². The highest BCUT2D eigenvalue weighted by atomic mass is 35.5. The van der Waals surface area contributed by atoms with Gasteiger partial charge >= 0.3 is 0 Å². The van der Waals surface area contributed by atoms with E-state index in [1.807, 2.05) is 0 Å². The molecule has 138 valence electrons. The van der Waals surface area contributed by atoms with Crippen LogP contribution in [0.5, 0.6) is 0 Å². The fourth-order valence-corrected chi connectivity index (χ4v) is 2.69. The van der Waals surface area contributed by atoms with E-state index in [0.717, 1.165) is 0 Å². The Balaban J connectivity index is 1.92. The van der Waals surface area contributed by atoms with Crippen molar-refractivity contribution in [2.24, 2.45) is 0 Å². The molecule has 0 saturated carbocycles. The summed E-state index contributed by atoms with van der Waals surface area (Å²) in [6.45, 7) is 1.74. The first-order valence-corrected chi connectivity index (χ1v) is 8.65. The van der Waals surface area contributed by atoms with E-state index in [9.17, 15) is 14.0 Å². The molecular weight excluding hydrogens is 380 g/mol. The number of hydrogen-bond donors (Lipinski definition) is 3. The van der Waals surface area contributed by atoms with Crippen LogP contribution in [0.4, 0.5) is 15.8 Å². The third-order valence-electron chi connectivity index (χ3n) is 3.87. The maximum atomic E-state index is 13.2. The lowest BCUT2D eigenvalue weighted by Gasteiger charge is -2.21. The Kier molecular flexibility index (Phi) is 6.97. The van der Waals surface area contributed by atoms with Crippen molar-refractivity contribution in [2.45, 2.75) is 13.0 Å². The molecule has 0 fully saturated rings. The van der Waals surface area contributed by atoms with Crippen LogP contribution in [0, 0.1) is 5.82 Å². The van der Waals surface area contributed by atoms with Crippen molar-refractivity contribution >= 4 is 46.4 Å². The van der Waals surface area contributed by atoms with Crippen LogP contribution in [0.3, 0.4) is 0 Å². The van der Waals surface area contributed by atoms with Crippen molar-refractivity contribution in [2.75, 3.05) is 24.2 Å². The molecule has 0 heterocycles. The fraction of sp³-hybridized carbons (Fsp3) is 0.222. The summed E-state index contributed by atoms with van der Waals surface area (Å²) in [5, 5.41) is 6.13. The average molecular weight is 399 g/mol. The van der Waals surface area contributed by atoms with Gasteiger partial charge in [-0.3, -0.25) is 9.59 Å². The van der Waals surface area contributed by atoms with Crippen molar-refractivity contribution in [1.82, 2.24) is 0 Å². The molecule has 0 spiro atoms. The lowest BCUT2D eigenvalue weighted by Crippen LogP contribution is -3.14. The smallest absolute Gasteiger partial charge is 0.282 e. The summed E-state index contributed by atoms with van der Waals surface area (Å²) in [5.41, 5.74) is 0.817. The zero-order valence-corrected chi connectivity index (χ0v) is 15.8. The Morgan fingerprint density at radius 2 is 1.88 bits per heavy atom. The molecule has 3 N–H and O–H groups in total. The standard InChI is InChI=1S/C18H18Cl2FN3O2/c1-11(18(26)23-16-7-6-12(19)8-15(16)20)24(2)10-17(25)22-14-5-3-4-13(21)9-14/h3-9,11H,10H2,1-2H3,(H,22,25)(H,23,26)/p+1/t11-/m1/s1. The molecule has 5 nitrogen and oxygen atoms in total. The Labute approximate surface area is 161 Å². The number of benzene rings is 2. The lowest BCUT2D eigenvalue weighted by atomic mass is 10.2. The minimum atomic E-state index is -0.514. The van der Waals surface area contributed by atoms with Crippen molar-refractivity contribution in [3.8, 4) is 0 Å². The Morgan fingerprint density at radius 3 is 2.54 bits per heavy atom. The maximum Gasteiger partial charge on any atom is 0.282 e. The average Bonchev–Trinajstić information content (AvgIpc) is 2.56. The zero-order valence-electron chi connectivity index (χ0n) is 14.3. The van der Waals surface area contributed by atoms with Crippen LogP contribution in [-0.4, -0.2) is 31.4 Å². The van der Waals surface area contributed by atoms with Crippen molar-refractivity contribution in [3.05, 3.63) is 58.3 Å². The number of carbonyl (C=O) groups excluding carboxylic acids is 2. The molecule has 2 amide bonds. The summed E-state index contributed by atoms with van der Waals surface area (Å²) in [7, 11) is 1.72. The number of nitrogens with one attached hydrogen (secondary N) is 3. The summed E-state index contributed by atoms with van der Waals surface area (Å²) < 4.78 is 13.2. The number of rotatable bonds is 6. The number of carbonyl (C=O) groups is 2. The van der Waals surface area contributed by atoms with Gasteiger partial charge in [-0.05, 0) is 43.3 Å². The fourth-order valence-electron chi connectivity index (χ4n) is 2.23. The second-order valence-electron chi connectivity index (χ2n) is 5.92. The predicted molar refractivity (Wildman–Crippen MR) is 101 cm³/mol. The molecule has 0 saturated heterocycles. The highest BCUT2D eigenvalue weighted by Gasteiger charge is 2.24. The first-order valence-electron chi connectivity index (χ1n) is 7.90. The van der Waals surface area contributed by atoms with Crippen molar-refractivity contribution in [1.29, 1.82) is 0 Å². The van der Waals surface area contributed by atoms with Crippen LogP contribution in [0.15, 0.2) is 42.5 Å². The maximum absolute atomic E-state index is 13.2. The van der Waals surface area contributed by atoms with Crippen LogP contribution >= 0.6 is 23.2 Å². The van der Waals surface area contributed by atoms with Gasteiger partial charge < -0.3 is 15.5 Å². The topological polar surface area (TPSA) is 62.6 Å². The lowest BCUT2D eigenvalue weighted by molar-refractivity contribution is -0.885. The summed E-state index contributed by atoms with van der Waals surface area (Å²) >= 11 is 11.9. The molecule has 0 aliphatic rings. The molecule has 8 heteroatoms. The molecule has 0 aromatic heterocycles. The number of likely N-dealkylation sites (N-methyl/N-ethyl adjacent to an activating group) is 1. The van der Waals surface area contributed by atoms with Gasteiger partial charge in [0.1, 0.15) is 5.82 Å². The van der Waals surface area contributed by atoms with E-state index in [4.69, 9.17) is 23.2 Å². The minimum Gasteiger partial charge on any atom is -0.321 e. The van der Waals surface area contributed by atoms with Gasteiger partial charge in [0.2, 0.25) is 0 Å². The summed E-state index contributed by atoms with van der Waals surface area (Å²) in [5.74, 6) is -1.04. The van der Waals surface area contributed by atoms with Gasteiger partial charge in [0, 0.05) is 10.7 Å². The van der Waals surface area contributed by atoms with Gasteiger partial charge in [0.25, 0.3) is 11.8 Å². The van der Waals surface area contributed by atoms with Crippen molar-refractivity contribution in [3.63, 3.8) is 0 Å². The van der Waals surface area contributed by atoms with Crippen molar-refractivity contribution < 1.29 is 18.9 Å². The van der Waals surface area contributed by atoms with Crippen LogP contribution in [0.25, 0.3) is 0 Å². The third-order valence-corrected chi connectivity index (χ3v) is 4.42. The summed E-state index contributed by atoms with van der Waals surface area (Å²) in [6.07, 6.45) is 0. The van der Waals surface area contributed by atoms with E-state index >= 15 is 0 Å². The van der Waals surface area contributed by atoms with Crippen LogP contribution in [0.2, 0.25) is 10.0 Å². The Bertz CT molecular complexity index is 817. The molecule has 2 atom stereocenters. The predicted octanol–water partition coefficient (Wildman–Crippen LogP) is 2.61. The third kappa shape index (κ3) is 5.69. The minimum absolute atomic E-state index is 0.0411. The second kappa shape index (κ2) is 8.98. The van der Waals surface area contributed by atoms with Crippen LogP contribution < -0.4 is 15.5 Å². The molecule has 2 rings (SSSR count). The second-order valence-corrected chi connectivity index (χ2v) is 6.76. The SMILES string of the molecule is C[C@H](C(=O)Nc1ccc(Cl)cc1Cl)[NH+](C)CC(=O)Nc1cccc(F)c1. The monoisotopic (exact) mass is 398 g/mol. The van der Waals surface area contributed by atoms with Gasteiger partial charge in [-0.1, -0.05) is 29.3 Å². The zero-order chi connectivity index (χ0) is 19.3. The number of amides is 2. The van der Waals surface area contributed by atoms with E-state index in [0.29, 0.717) is 26.3 Å². The van der Waals surface area contributed by atoms with E-state index in [-0.39, 0.29) is 18.4 Å². The van der Waals surface area contributed by atoms with Gasteiger partial charge in [-0.15, -0.1) is 0 Å².